The summed E-state index contributed by atoms with van der Waals surface area (Å²) in [6, 6.07) is 18.9. The second-order valence-corrected chi connectivity index (χ2v) is 34.4. The molecule has 0 aliphatic carbocycles. The van der Waals surface area contributed by atoms with Gasteiger partial charge in [-0.15, -0.1) is 0 Å². The first-order valence-electron chi connectivity index (χ1n) is 39.8. The fraction of sp³-hybridized carbons (Fsp3) is 0.687. The molecule has 33 heteroatoms. The summed E-state index contributed by atoms with van der Waals surface area (Å²) in [6.45, 7) is 43.2. The number of alkyl halides is 1. The highest BCUT2D eigenvalue weighted by atomic mass is 79.9. The number of nitrogens with zero attached hydrogens (tertiary/aromatic N) is 11. The van der Waals surface area contributed by atoms with Gasteiger partial charge in [0, 0.05) is 166 Å². The maximum Gasteiger partial charge on any atom is 0.320 e. The molecule has 3 atom stereocenters. The molecular formula is C83H137BrN14O18. The third-order valence-corrected chi connectivity index (χ3v) is 18.4. The van der Waals surface area contributed by atoms with Crippen LogP contribution >= 0.6 is 15.9 Å². The Hall–Kier alpha value is -7.54. The summed E-state index contributed by atoms with van der Waals surface area (Å²) in [4.78, 5) is 146. The molecule has 3 saturated heterocycles. The number of non-ortho nitro benzene ring substituents is 3. The summed E-state index contributed by atoms with van der Waals surface area (Å²) in [5.74, 6) is -1.24. The minimum atomic E-state index is -0.732. The molecular weight excluding hydrogens is 1560 g/mol. The van der Waals surface area contributed by atoms with Crippen LogP contribution in [0.2, 0.25) is 0 Å². The van der Waals surface area contributed by atoms with Crippen LogP contribution < -0.4 is 16.4 Å². The topological polar surface area (TPSA) is 379 Å². The molecule has 116 heavy (non-hydrogen) atoms. The molecule has 3 unspecified atom stereocenters. The van der Waals surface area contributed by atoms with Crippen LogP contribution in [-0.4, -0.2) is 317 Å². The van der Waals surface area contributed by atoms with Crippen molar-refractivity contribution in [1.82, 2.24) is 49.8 Å². The molecule has 3 aromatic rings. The Morgan fingerprint density at radius 3 is 1.09 bits per heavy atom. The molecule has 3 aliphatic heterocycles. The molecule has 0 saturated carbocycles. The van der Waals surface area contributed by atoms with Crippen molar-refractivity contribution in [1.29, 1.82) is 0 Å². The Morgan fingerprint density at radius 1 is 0.431 bits per heavy atom. The first-order valence-corrected chi connectivity index (χ1v) is 40.9. The van der Waals surface area contributed by atoms with E-state index in [0.717, 1.165) is 68.9 Å². The second-order valence-electron chi connectivity index (χ2n) is 33.9. The first-order chi connectivity index (χ1) is 53.7. The van der Waals surface area contributed by atoms with Crippen LogP contribution in [0, 0.1) is 30.3 Å². The summed E-state index contributed by atoms with van der Waals surface area (Å²) in [5, 5.41) is 40.0. The molecule has 0 amide bonds. The fourth-order valence-electron chi connectivity index (χ4n) is 13.0. The lowest BCUT2D eigenvalue weighted by atomic mass is 10.0. The zero-order chi connectivity index (χ0) is 86.2. The molecule has 32 nitrogen and oxygen atoms in total. The number of Topliss-reactive ketones (excluding diaryl/α,β-unsaturated/α-hetero) is 4. The Kier molecular flexibility index (Phi) is 47.8. The van der Waals surface area contributed by atoms with Gasteiger partial charge in [-0.05, 0) is 173 Å². The highest BCUT2D eigenvalue weighted by Crippen LogP contribution is 2.22. The number of carbonyl (C=O) groups is 8. The largest absolute Gasteiger partial charge is 0.459 e. The van der Waals surface area contributed by atoms with E-state index in [-0.39, 0.29) is 107 Å². The molecule has 3 fully saturated rings. The van der Waals surface area contributed by atoms with Gasteiger partial charge >= 0.3 is 23.9 Å². The van der Waals surface area contributed by atoms with Gasteiger partial charge in [-0.25, -0.2) is 0 Å². The van der Waals surface area contributed by atoms with Crippen LogP contribution in [-0.2, 0) is 76.6 Å². The summed E-state index contributed by atoms with van der Waals surface area (Å²) in [6.07, 6.45) is 5.44. The third-order valence-electron chi connectivity index (χ3n) is 18.0. The van der Waals surface area contributed by atoms with Crippen molar-refractivity contribution in [2.75, 3.05) is 175 Å². The average molecular weight is 1700 g/mol. The number of ketones is 4. The summed E-state index contributed by atoms with van der Waals surface area (Å²) in [5.41, 5.74) is 6.76. The van der Waals surface area contributed by atoms with Crippen LogP contribution in [0.25, 0.3) is 0 Å². The molecule has 3 aromatic carbocycles. The van der Waals surface area contributed by atoms with Crippen LogP contribution in [0.5, 0.6) is 0 Å². The minimum absolute atomic E-state index is 0. The van der Waals surface area contributed by atoms with E-state index in [0.29, 0.717) is 118 Å². The molecule has 6 rings (SSSR count). The Balaban J connectivity index is 0.000000581. The third kappa shape index (κ3) is 49.6. The number of rotatable bonds is 32. The van der Waals surface area contributed by atoms with E-state index < -0.39 is 44.6 Å². The summed E-state index contributed by atoms with van der Waals surface area (Å²) in [7, 11) is 0. The van der Waals surface area contributed by atoms with Crippen molar-refractivity contribution < 1.29 is 72.1 Å². The molecule has 0 aromatic heterocycles. The predicted molar refractivity (Wildman–Crippen MR) is 454 cm³/mol. The monoisotopic (exact) mass is 1700 g/mol. The second kappa shape index (κ2) is 53.1. The molecule has 3 aliphatic rings. The molecule has 0 spiro atoms. The predicted octanol–water partition coefficient (Wildman–Crippen LogP) is 8.02. The lowest BCUT2D eigenvalue weighted by Crippen LogP contribution is -2.52. The van der Waals surface area contributed by atoms with Gasteiger partial charge in [0.1, 0.15) is 50.9 Å². The van der Waals surface area contributed by atoms with E-state index in [4.69, 9.17) is 24.7 Å². The van der Waals surface area contributed by atoms with Gasteiger partial charge in [-0.1, -0.05) is 66.2 Å². The smallest absolute Gasteiger partial charge is 0.320 e. The number of halogens is 1. The normalized spacial score (nSPS) is 16.7. The maximum absolute atomic E-state index is 13.2. The van der Waals surface area contributed by atoms with Crippen molar-refractivity contribution in [3.05, 3.63) is 120 Å². The molecule has 654 valence electrons. The maximum atomic E-state index is 13.2. The Labute approximate surface area is 696 Å². The molecule has 4 N–H and O–H groups in total. The highest BCUT2D eigenvalue weighted by molar-refractivity contribution is 9.09. The Morgan fingerprint density at radius 2 is 0.750 bits per heavy atom. The number of nitro groups is 3. The van der Waals surface area contributed by atoms with E-state index in [1.54, 1.807) is 123 Å². The van der Waals surface area contributed by atoms with Gasteiger partial charge < -0.3 is 40.2 Å². The van der Waals surface area contributed by atoms with Crippen molar-refractivity contribution in [3.63, 3.8) is 0 Å². The standard InChI is InChI=1S/C33H53N5O8.C27H43N5O6.C16H26N4O2.C6H11BrO2.CH4/c1-25(39)20-34-13-14-35(21-26(2)40)16-18-36(17-15-34)22-29(19-27-9-11-28(12-10-27)38(43)44)37(23-30(41)45-32(3,4)5)24-31(42)46-33(6,7)8;1-21(33)18-29-10-11-30(19-22(2)34)13-15-31(14-12-29)20-24(28-17-26(35)38-27(3,4)5)16-23-6-8-25(9-7-23)32(36)37;17-15(12-14-4-6-16(7-5-14)20(21)22)13-19-10-3-1-2-8-18-9-11-19;1-6(2,3)9-5(8)4-7;/h9-12,29H,13-24H2,1-8H3;6-9,24,28H,10-20H2,1-5H3;4-7,15,18H,1-3,8-13,17H2;4H2,1-3H3;1H4. The number of ether oxygens (including phenoxy) is 4. The number of benzene rings is 3. The van der Waals surface area contributed by atoms with Crippen molar-refractivity contribution in [2.45, 2.75) is 197 Å². The van der Waals surface area contributed by atoms with E-state index in [1.165, 1.54) is 43.5 Å². The number of hydrogen-bond acceptors (Lipinski definition) is 29. The van der Waals surface area contributed by atoms with Crippen LogP contribution in [0.4, 0.5) is 17.1 Å². The quantitative estimate of drug-likeness (QED) is 0.0175. The number of nitrogens with two attached hydrogens (primary N) is 1. The van der Waals surface area contributed by atoms with Gasteiger partial charge in [0.2, 0.25) is 0 Å². The fourth-order valence-corrected chi connectivity index (χ4v) is 13.2. The summed E-state index contributed by atoms with van der Waals surface area (Å²) >= 11 is 2.99. The van der Waals surface area contributed by atoms with E-state index in [9.17, 15) is 68.7 Å². The van der Waals surface area contributed by atoms with Crippen molar-refractivity contribution in [2.24, 2.45) is 5.73 Å². The number of nitrogens with one attached hydrogen (secondary N) is 2. The highest BCUT2D eigenvalue weighted by Gasteiger charge is 2.32. The number of nitro benzene ring substituents is 3. The zero-order valence-corrected chi connectivity index (χ0v) is 72.8. The van der Waals surface area contributed by atoms with Crippen molar-refractivity contribution >= 4 is 80.0 Å². The van der Waals surface area contributed by atoms with Gasteiger partial charge in [0.05, 0.1) is 60.6 Å². The van der Waals surface area contributed by atoms with E-state index >= 15 is 0 Å². The SMILES string of the molecule is C.CC(=O)CN1CCN(CC(C)=O)CCN(CC(Cc2ccc([N+](=O)[O-])cc2)N(CC(=O)OC(C)(C)C)CC(=O)OC(C)(C)C)CC1.CC(=O)CN1CCN(CC(C)=O)CCN(CC(Cc2ccc([N+](=O)[O-])cc2)NCC(=O)OC(C)(C)C)CC1.CC(C)(C)OC(=O)CBr.NC(Cc1ccc([N+](=O)[O-])cc1)CN1CCCCCNCC1. The Bertz CT molecular complexity index is 3420. The van der Waals surface area contributed by atoms with Crippen LogP contribution in [0.3, 0.4) is 0 Å². The number of carbonyl (C=O) groups excluding carboxylic acids is 8. The summed E-state index contributed by atoms with van der Waals surface area (Å²) < 4.78 is 21.6. The average Bonchev–Trinajstić information content (AvgIpc) is 1.26. The van der Waals surface area contributed by atoms with Crippen molar-refractivity contribution in [3.8, 4) is 0 Å². The van der Waals surface area contributed by atoms with Crippen LogP contribution in [0.15, 0.2) is 72.8 Å². The molecule has 0 radical (unpaired) electrons. The zero-order valence-electron chi connectivity index (χ0n) is 71.2. The van der Waals surface area contributed by atoms with Gasteiger partial charge in [0.15, 0.2) is 0 Å². The number of hydrogen-bond donors (Lipinski definition) is 3. The van der Waals surface area contributed by atoms with Gasteiger partial charge in [0.25, 0.3) is 17.1 Å². The van der Waals surface area contributed by atoms with Gasteiger partial charge in [-0.2, -0.15) is 0 Å². The molecule has 3 heterocycles. The first kappa shape index (κ1) is 105. The minimum Gasteiger partial charge on any atom is -0.459 e. The number of esters is 4. The van der Waals surface area contributed by atoms with Crippen LogP contribution in [0.1, 0.15) is 154 Å². The lowest BCUT2D eigenvalue weighted by Gasteiger charge is -2.36. The van der Waals surface area contributed by atoms with E-state index in [1.807, 2.05) is 41.5 Å². The molecule has 0 bridgehead atoms. The van der Waals surface area contributed by atoms with E-state index in [2.05, 4.69) is 60.9 Å². The lowest BCUT2D eigenvalue weighted by molar-refractivity contribution is -0.385. The van der Waals surface area contributed by atoms with Gasteiger partial charge in [-0.3, -0.25) is 103 Å².